The Morgan fingerprint density at radius 1 is 1.36 bits per heavy atom. The first-order chi connectivity index (χ1) is 6.50. The van der Waals surface area contributed by atoms with Gasteiger partial charge >= 0.3 is 0 Å². The molecular weight excluding hydrogens is 188 g/mol. The Bertz CT molecular complexity index is 342. The molecule has 1 aromatic carbocycles. The van der Waals surface area contributed by atoms with Gasteiger partial charge in [-0.1, -0.05) is 42.6 Å². The number of allylic oxidation sites excluding steroid dienone is 1. The standard InChI is InChI=1S/C12H18OSi/c1-10(2)14(3,4)12-8-6-5-7-11(12)9-13/h5-8,13H,1,9H2,2-4H3. The van der Waals surface area contributed by atoms with Crippen molar-refractivity contribution in [3.05, 3.63) is 41.6 Å². The zero-order valence-electron chi connectivity index (χ0n) is 9.17. The second-order valence-corrected chi connectivity index (χ2v) is 8.86. The van der Waals surface area contributed by atoms with Gasteiger partial charge in [0.15, 0.2) is 0 Å². The van der Waals surface area contributed by atoms with Gasteiger partial charge in [-0.2, -0.15) is 0 Å². The lowest BCUT2D eigenvalue weighted by Gasteiger charge is -2.25. The van der Waals surface area contributed by atoms with Gasteiger partial charge in [0, 0.05) is 0 Å². The molecule has 0 saturated carbocycles. The van der Waals surface area contributed by atoms with E-state index in [1.54, 1.807) is 0 Å². The third-order valence-corrected chi connectivity index (χ3v) is 6.90. The van der Waals surface area contributed by atoms with E-state index in [9.17, 15) is 5.11 Å². The molecule has 1 N–H and O–H groups in total. The molecule has 1 nitrogen and oxygen atoms in total. The fourth-order valence-corrected chi connectivity index (χ4v) is 3.44. The van der Waals surface area contributed by atoms with Crippen LogP contribution < -0.4 is 5.19 Å². The molecule has 0 aliphatic carbocycles. The van der Waals surface area contributed by atoms with E-state index >= 15 is 0 Å². The number of rotatable bonds is 3. The molecule has 0 aliphatic rings. The van der Waals surface area contributed by atoms with E-state index in [0.29, 0.717) is 0 Å². The van der Waals surface area contributed by atoms with E-state index in [-0.39, 0.29) is 6.61 Å². The van der Waals surface area contributed by atoms with Gasteiger partial charge in [0.05, 0.1) is 6.61 Å². The summed E-state index contributed by atoms with van der Waals surface area (Å²) in [4.78, 5) is 0. The Morgan fingerprint density at radius 3 is 2.43 bits per heavy atom. The molecule has 1 aromatic rings. The molecule has 0 amide bonds. The largest absolute Gasteiger partial charge is 0.392 e. The number of aliphatic hydroxyl groups excluding tert-OH is 1. The first kappa shape index (κ1) is 11.2. The second-order valence-electron chi connectivity index (χ2n) is 4.22. The molecule has 0 fully saturated rings. The van der Waals surface area contributed by atoms with Crippen LogP contribution in [0.3, 0.4) is 0 Å². The maximum atomic E-state index is 9.26. The molecule has 0 saturated heterocycles. The van der Waals surface area contributed by atoms with Crippen molar-refractivity contribution in [2.45, 2.75) is 26.6 Å². The minimum Gasteiger partial charge on any atom is -0.392 e. The van der Waals surface area contributed by atoms with Crippen molar-refractivity contribution >= 4 is 13.3 Å². The van der Waals surface area contributed by atoms with Crippen LogP contribution in [0.5, 0.6) is 0 Å². The van der Waals surface area contributed by atoms with Crippen LogP contribution >= 0.6 is 0 Å². The van der Waals surface area contributed by atoms with Crippen molar-refractivity contribution in [2.75, 3.05) is 0 Å². The number of hydrogen-bond donors (Lipinski definition) is 1. The van der Waals surface area contributed by atoms with E-state index in [1.165, 1.54) is 10.4 Å². The normalized spacial score (nSPS) is 11.4. The van der Waals surface area contributed by atoms with Crippen LogP contribution in [-0.4, -0.2) is 13.2 Å². The van der Waals surface area contributed by atoms with Crippen molar-refractivity contribution in [3.63, 3.8) is 0 Å². The molecule has 0 atom stereocenters. The van der Waals surface area contributed by atoms with Crippen molar-refractivity contribution < 1.29 is 5.11 Å². The average Bonchev–Trinajstić information content (AvgIpc) is 2.17. The smallest absolute Gasteiger partial charge is 0.106 e. The molecule has 0 bridgehead atoms. The van der Waals surface area contributed by atoms with Gasteiger partial charge in [-0.15, -0.1) is 6.58 Å². The Hall–Kier alpha value is -0.863. The van der Waals surface area contributed by atoms with Crippen LogP contribution in [0.1, 0.15) is 12.5 Å². The summed E-state index contributed by atoms with van der Waals surface area (Å²) in [5.74, 6) is 0. The summed E-state index contributed by atoms with van der Waals surface area (Å²) >= 11 is 0. The van der Waals surface area contributed by atoms with Gasteiger partial charge in [0.25, 0.3) is 0 Å². The highest BCUT2D eigenvalue weighted by atomic mass is 28.3. The first-order valence-electron chi connectivity index (χ1n) is 4.85. The molecule has 0 aliphatic heterocycles. The van der Waals surface area contributed by atoms with Crippen LogP contribution in [0, 0.1) is 0 Å². The minimum atomic E-state index is -1.58. The SMILES string of the molecule is C=C(C)[Si](C)(C)c1ccccc1CO. The maximum Gasteiger partial charge on any atom is 0.106 e. The van der Waals surface area contributed by atoms with E-state index in [1.807, 2.05) is 18.2 Å². The fraction of sp³-hybridized carbons (Fsp3) is 0.333. The summed E-state index contributed by atoms with van der Waals surface area (Å²) in [6, 6.07) is 8.11. The van der Waals surface area contributed by atoms with Crippen LogP contribution in [0.2, 0.25) is 13.1 Å². The molecule has 76 valence electrons. The van der Waals surface area contributed by atoms with Crippen LogP contribution in [0.4, 0.5) is 0 Å². The lowest BCUT2D eigenvalue weighted by molar-refractivity contribution is 0.283. The first-order valence-corrected chi connectivity index (χ1v) is 7.85. The highest BCUT2D eigenvalue weighted by molar-refractivity contribution is 6.95. The van der Waals surface area contributed by atoms with Crippen molar-refractivity contribution in [3.8, 4) is 0 Å². The molecule has 2 heteroatoms. The Morgan fingerprint density at radius 2 is 1.93 bits per heavy atom. The summed E-state index contributed by atoms with van der Waals surface area (Å²) in [5, 5.41) is 11.8. The van der Waals surface area contributed by atoms with Crippen molar-refractivity contribution in [2.24, 2.45) is 0 Å². The third-order valence-electron chi connectivity index (χ3n) is 2.93. The van der Waals surface area contributed by atoms with Gasteiger partial charge in [0.2, 0.25) is 0 Å². The van der Waals surface area contributed by atoms with Gasteiger partial charge in [0.1, 0.15) is 8.07 Å². The Labute approximate surface area is 87.1 Å². The second kappa shape index (κ2) is 4.11. The summed E-state index contributed by atoms with van der Waals surface area (Å²) in [6.45, 7) is 10.8. The minimum absolute atomic E-state index is 0.125. The third kappa shape index (κ3) is 1.96. The van der Waals surface area contributed by atoms with E-state index in [2.05, 4.69) is 32.7 Å². The lowest BCUT2D eigenvalue weighted by Crippen LogP contribution is -2.44. The number of benzene rings is 1. The highest BCUT2D eigenvalue weighted by Crippen LogP contribution is 2.14. The molecule has 0 spiro atoms. The monoisotopic (exact) mass is 206 g/mol. The zero-order valence-corrected chi connectivity index (χ0v) is 10.2. The van der Waals surface area contributed by atoms with Gasteiger partial charge in [-0.3, -0.25) is 0 Å². The van der Waals surface area contributed by atoms with Crippen molar-refractivity contribution in [1.29, 1.82) is 0 Å². The molecule has 0 heterocycles. The van der Waals surface area contributed by atoms with Crippen LogP contribution in [0.25, 0.3) is 0 Å². The van der Waals surface area contributed by atoms with E-state index < -0.39 is 8.07 Å². The van der Waals surface area contributed by atoms with Gasteiger partial charge < -0.3 is 5.11 Å². The van der Waals surface area contributed by atoms with Crippen molar-refractivity contribution in [1.82, 2.24) is 0 Å². The summed E-state index contributed by atoms with van der Waals surface area (Å²) < 4.78 is 0. The molecule has 0 unspecified atom stereocenters. The van der Waals surface area contributed by atoms with Gasteiger partial charge in [-0.25, -0.2) is 0 Å². The Kier molecular flexibility index (Phi) is 3.29. The number of hydrogen-bond acceptors (Lipinski definition) is 1. The molecule has 14 heavy (non-hydrogen) atoms. The topological polar surface area (TPSA) is 20.2 Å². The zero-order chi connectivity index (χ0) is 10.8. The van der Waals surface area contributed by atoms with Gasteiger partial charge in [-0.05, 0) is 17.7 Å². The lowest BCUT2D eigenvalue weighted by atomic mass is 10.2. The predicted octanol–water partition coefficient (Wildman–Crippen LogP) is 2.21. The number of aliphatic hydroxyl groups is 1. The average molecular weight is 206 g/mol. The molecular formula is C12H18OSi. The van der Waals surface area contributed by atoms with Crippen LogP contribution in [0.15, 0.2) is 36.0 Å². The van der Waals surface area contributed by atoms with E-state index in [4.69, 9.17) is 0 Å². The summed E-state index contributed by atoms with van der Waals surface area (Å²) in [6.07, 6.45) is 0. The van der Waals surface area contributed by atoms with E-state index in [0.717, 1.165) is 5.56 Å². The molecule has 1 rings (SSSR count). The molecule has 0 aromatic heterocycles. The van der Waals surface area contributed by atoms with Crippen LogP contribution in [-0.2, 0) is 6.61 Å². The quantitative estimate of drug-likeness (QED) is 0.752. The summed E-state index contributed by atoms with van der Waals surface area (Å²) in [5.41, 5.74) is 1.05. The predicted molar refractivity (Wildman–Crippen MR) is 64.3 cm³/mol. The Balaban J connectivity index is 3.24. The fourth-order valence-electron chi connectivity index (χ4n) is 1.50. The summed E-state index contributed by atoms with van der Waals surface area (Å²) in [7, 11) is -1.58. The highest BCUT2D eigenvalue weighted by Gasteiger charge is 2.26. The molecule has 0 radical (unpaired) electrons. The maximum absolute atomic E-state index is 9.26.